The molecule has 1 aliphatic heterocycles. The van der Waals surface area contributed by atoms with Crippen LogP contribution in [0, 0.1) is 11.8 Å². The average Bonchev–Trinajstić information content (AvgIpc) is 2.22. The summed E-state index contributed by atoms with van der Waals surface area (Å²) in [5.41, 5.74) is 0. The minimum Gasteiger partial charge on any atom is -0.480 e. The Morgan fingerprint density at radius 1 is 1.47 bits per heavy atom. The number of piperidine rings is 1. The van der Waals surface area contributed by atoms with Gasteiger partial charge in [0.25, 0.3) is 0 Å². The summed E-state index contributed by atoms with van der Waals surface area (Å²) in [5.74, 6) is 0.0174. The molecule has 1 fully saturated rings. The summed E-state index contributed by atoms with van der Waals surface area (Å²) in [7, 11) is 0. The van der Waals surface area contributed by atoms with Crippen molar-refractivity contribution in [3.05, 3.63) is 0 Å². The first-order chi connectivity index (χ1) is 7.95. The zero-order valence-electron chi connectivity index (χ0n) is 11.1. The molecule has 100 valence electrons. The van der Waals surface area contributed by atoms with Gasteiger partial charge in [0.15, 0.2) is 0 Å². The van der Waals surface area contributed by atoms with Crippen LogP contribution in [0.1, 0.15) is 40.0 Å². The number of carboxylic acid groups (broad SMARTS) is 1. The van der Waals surface area contributed by atoms with Gasteiger partial charge in [-0.15, -0.1) is 0 Å². The summed E-state index contributed by atoms with van der Waals surface area (Å²) in [6.07, 6.45) is 2.02. The molecule has 2 N–H and O–H groups in total. The van der Waals surface area contributed by atoms with Crippen LogP contribution in [0.4, 0.5) is 0 Å². The molecule has 1 rings (SSSR count). The standard InChI is InChI=1S/C13H25NO3/c1-4-11(13(16)17)14-6-5-12(15)10(8-14)7-9(2)3/h9-12,15H,4-8H2,1-3H3,(H,16,17). The first-order valence-corrected chi connectivity index (χ1v) is 6.60. The Kier molecular flexibility index (Phi) is 5.40. The summed E-state index contributed by atoms with van der Waals surface area (Å²) in [5, 5.41) is 19.1. The predicted molar refractivity (Wildman–Crippen MR) is 66.9 cm³/mol. The fourth-order valence-corrected chi connectivity index (χ4v) is 2.76. The van der Waals surface area contributed by atoms with E-state index in [2.05, 4.69) is 13.8 Å². The average molecular weight is 243 g/mol. The third-order valence-corrected chi connectivity index (χ3v) is 3.61. The molecule has 0 spiro atoms. The third kappa shape index (κ3) is 3.96. The van der Waals surface area contributed by atoms with Crippen LogP contribution in [0.25, 0.3) is 0 Å². The number of rotatable bonds is 5. The highest BCUT2D eigenvalue weighted by atomic mass is 16.4. The van der Waals surface area contributed by atoms with Gasteiger partial charge in [0.1, 0.15) is 6.04 Å². The molecule has 0 aromatic heterocycles. The molecular formula is C13H25NO3. The van der Waals surface area contributed by atoms with E-state index in [1.54, 1.807) is 0 Å². The largest absolute Gasteiger partial charge is 0.480 e. The molecule has 4 nitrogen and oxygen atoms in total. The van der Waals surface area contributed by atoms with Crippen LogP contribution < -0.4 is 0 Å². The van der Waals surface area contributed by atoms with Crippen molar-refractivity contribution >= 4 is 5.97 Å². The number of hydrogen-bond donors (Lipinski definition) is 2. The lowest BCUT2D eigenvalue weighted by Gasteiger charge is -2.39. The smallest absolute Gasteiger partial charge is 0.320 e. The number of aliphatic hydroxyl groups is 1. The first-order valence-electron chi connectivity index (χ1n) is 6.60. The molecule has 4 heteroatoms. The topological polar surface area (TPSA) is 60.8 Å². The highest BCUT2D eigenvalue weighted by Crippen LogP contribution is 2.25. The highest BCUT2D eigenvalue weighted by molar-refractivity contribution is 5.73. The second-order valence-electron chi connectivity index (χ2n) is 5.50. The Bertz CT molecular complexity index is 255. The van der Waals surface area contributed by atoms with Gasteiger partial charge in [0.2, 0.25) is 0 Å². The summed E-state index contributed by atoms with van der Waals surface area (Å²) >= 11 is 0. The SMILES string of the molecule is CCC(C(=O)O)N1CCC(O)C(CC(C)C)C1. The maximum absolute atomic E-state index is 11.1. The molecule has 3 atom stereocenters. The van der Waals surface area contributed by atoms with Crippen LogP contribution in [0.3, 0.4) is 0 Å². The maximum atomic E-state index is 11.1. The highest BCUT2D eigenvalue weighted by Gasteiger charge is 2.33. The monoisotopic (exact) mass is 243 g/mol. The Balaban J connectivity index is 2.62. The van der Waals surface area contributed by atoms with Crippen LogP contribution in [0.2, 0.25) is 0 Å². The van der Waals surface area contributed by atoms with Crippen molar-refractivity contribution in [3.63, 3.8) is 0 Å². The molecule has 1 heterocycles. The van der Waals surface area contributed by atoms with Gasteiger partial charge in [-0.2, -0.15) is 0 Å². The molecule has 0 saturated carbocycles. The molecular weight excluding hydrogens is 218 g/mol. The van der Waals surface area contributed by atoms with Gasteiger partial charge < -0.3 is 10.2 Å². The van der Waals surface area contributed by atoms with Crippen molar-refractivity contribution in [2.45, 2.75) is 52.2 Å². The second-order valence-corrected chi connectivity index (χ2v) is 5.50. The van der Waals surface area contributed by atoms with E-state index >= 15 is 0 Å². The lowest BCUT2D eigenvalue weighted by atomic mass is 9.86. The molecule has 0 radical (unpaired) electrons. The van der Waals surface area contributed by atoms with Crippen molar-refractivity contribution in [2.24, 2.45) is 11.8 Å². The van der Waals surface area contributed by atoms with Crippen LogP contribution in [0.5, 0.6) is 0 Å². The van der Waals surface area contributed by atoms with Gasteiger partial charge in [-0.3, -0.25) is 9.69 Å². The molecule has 0 amide bonds. The Morgan fingerprint density at radius 3 is 2.59 bits per heavy atom. The van der Waals surface area contributed by atoms with Gasteiger partial charge in [-0.25, -0.2) is 0 Å². The van der Waals surface area contributed by atoms with Crippen molar-refractivity contribution in [2.75, 3.05) is 13.1 Å². The molecule has 0 aromatic carbocycles. The Morgan fingerprint density at radius 2 is 2.12 bits per heavy atom. The summed E-state index contributed by atoms with van der Waals surface area (Å²) in [4.78, 5) is 13.2. The van der Waals surface area contributed by atoms with E-state index in [-0.39, 0.29) is 12.0 Å². The zero-order chi connectivity index (χ0) is 13.0. The van der Waals surface area contributed by atoms with Gasteiger partial charge >= 0.3 is 5.97 Å². The second kappa shape index (κ2) is 6.36. The number of hydrogen-bond acceptors (Lipinski definition) is 3. The fraction of sp³-hybridized carbons (Fsp3) is 0.923. The summed E-state index contributed by atoms with van der Waals surface area (Å²) < 4.78 is 0. The summed E-state index contributed by atoms with van der Waals surface area (Å²) in [6.45, 7) is 7.59. The van der Waals surface area contributed by atoms with E-state index in [0.29, 0.717) is 31.8 Å². The molecule has 17 heavy (non-hydrogen) atoms. The van der Waals surface area contributed by atoms with E-state index < -0.39 is 12.0 Å². The van der Waals surface area contributed by atoms with E-state index in [0.717, 1.165) is 6.42 Å². The van der Waals surface area contributed by atoms with Gasteiger partial charge in [0.05, 0.1) is 6.10 Å². The van der Waals surface area contributed by atoms with E-state index in [1.165, 1.54) is 0 Å². The van der Waals surface area contributed by atoms with Crippen LogP contribution in [-0.4, -0.2) is 46.3 Å². The quantitative estimate of drug-likeness (QED) is 0.769. The first kappa shape index (κ1) is 14.5. The van der Waals surface area contributed by atoms with Crippen molar-refractivity contribution in [3.8, 4) is 0 Å². The fourth-order valence-electron chi connectivity index (χ4n) is 2.76. The lowest BCUT2D eigenvalue weighted by molar-refractivity contribution is -0.145. The molecule has 0 aromatic rings. The molecule has 1 saturated heterocycles. The van der Waals surface area contributed by atoms with Gasteiger partial charge in [-0.05, 0) is 31.1 Å². The van der Waals surface area contributed by atoms with E-state index in [4.69, 9.17) is 5.11 Å². The Labute approximate surface area is 104 Å². The normalized spacial score (nSPS) is 28.3. The van der Waals surface area contributed by atoms with Gasteiger partial charge in [-0.1, -0.05) is 20.8 Å². The van der Waals surface area contributed by atoms with Crippen molar-refractivity contribution in [1.82, 2.24) is 4.90 Å². The van der Waals surface area contributed by atoms with Crippen molar-refractivity contribution < 1.29 is 15.0 Å². The zero-order valence-corrected chi connectivity index (χ0v) is 11.1. The Hall–Kier alpha value is -0.610. The van der Waals surface area contributed by atoms with E-state index in [1.807, 2.05) is 11.8 Å². The van der Waals surface area contributed by atoms with Crippen LogP contribution in [0.15, 0.2) is 0 Å². The predicted octanol–water partition coefficient (Wildman–Crippen LogP) is 1.58. The van der Waals surface area contributed by atoms with Crippen molar-refractivity contribution in [1.29, 1.82) is 0 Å². The molecule has 1 aliphatic rings. The minimum atomic E-state index is -0.743. The molecule has 0 aliphatic carbocycles. The number of aliphatic carboxylic acids is 1. The number of likely N-dealkylation sites (tertiary alicyclic amines) is 1. The number of carbonyl (C=O) groups is 1. The lowest BCUT2D eigenvalue weighted by Crippen LogP contribution is -2.50. The number of nitrogens with zero attached hydrogens (tertiary/aromatic N) is 1. The van der Waals surface area contributed by atoms with Crippen LogP contribution in [-0.2, 0) is 4.79 Å². The molecule has 0 bridgehead atoms. The summed E-state index contributed by atoms with van der Waals surface area (Å²) in [6, 6.07) is -0.392. The van der Waals surface area contributed by atoms with E-state index in [9.17, 15) is 9.90 Å². The van der Waals surface area contributed by atoms with Gasteiger partial charge in [0, 0.05) is 13.1 Å². The molecule has 3 unspecified atom stereocenters. The number of aliphatic hydroxyl groups excluding tert-OH is 1. The van der Waals surface area contributed by atoms with Crippen LogP contribution >= 0.6 is 0 Å². The number of carboxylic acids is 1. The maximum Gasteiger partial charge on any atom is 0.320 e. The third-order valence-electron chi connectivity index (χ3n) is 3.61. The minimum absolute atomic E-state index is 0.220.